The van der Waals surface area contributed by atoms with Crippen LogP contribution < -0.4 is 0 Å². The van der Waals surface area contributed by atoms with Crippen LogP contribution in [0, 0.1) is 0 Å². The maximum atomic E-state index is 0. The Hall–Kier alpha value is 2.90. The quantitative estimate of drug-likeness (QED) is 0.470. The van der Waals surface area contributed by atoms with E-state index in [1.54, 1.807) is 0 Å². The predicted octanol–water partition coefficient (Wildman–Crippen LogP) is -1.00. The minimum atomic E-state index is 0. The van der Waals surface area contributed by atoms with E-state index in [2.05, 4.69) is 0 Å². The molecular formula is CdGaO2SnZn. The fourth-order valence-electron chi connectivity index (χ4n) is 0. The van der Waals surface area contributed by atoms with Crippen molar-refractivity contribution in [1.82, 2.24) is 0 Å². The van der Waals surface area contributed by atoms with Crippen LogP contribution in [0.5, 0.6) is 0 Å². The second kappa shape index (κ2) is 44.7. The van der Waals surface area contributed by atoms with Crippen molar-refractivity contribution in [2.45, 2.75) is 0 Å². The summed E-state index contributed by atoms with van der Waals surface area (Å²) in [5.74, 6) is 0. The Bertz CT molecular complexity index is 13.5. The summed E-state index contributed by atoms with van der Waals surface area (Å²) in [6.45, 7) is 0. The summed E-state index contributed by atoms with van der Waals surface area (Å²) < 4.78 is 0. The topological polar surface area (TPSA) is 57.0 Å². The van der Waals surface area contributed by atoms with Crippen molar-refractivity contribution in [3.63, 3.8) is 0 Å². The van der Waals surface area contributed by atoms with Gasteiger partial charge >= 0.3 is 23.9 Å². The maximum absolute atomic E-state index is 0. The standard InChI is InChI=1S/Cd.Ga.2O.Sn.Zn/q;;2*-2;+4;. The average molecular weight is 398 g/mol. The van der Waals surface area contributed by atoms with Gasteiger partial charge in [-0.05, 0) is 0 Å². The van der Waals surface area contributed by atoms with Gasteiger partial charge in [-0.2, -0.15) is 0 Å². The Morgan fingerprint density at radius 3 is 0.833 bits per heavy atom. The van der Waals surface area contributed by atoms with E-state index >= 15 is 0 Å². The zero-order chi connectivity index (χ0) is 0. The Kier molecular flexibility index (Phi) is 492. The van der Waals surface area contributed by atoms with Crippen molar-refractivity contribution in [3.05, 3.63) is 0 Å². The van der Waals surface area contributed by atoms with Crippen molar-refractivity contribution in [2.75, 3.05) is 0 Å². The van der Waals surface area contributed by atoms with E-state index in [1.807, 2.05) is 0 Å². The number of hydrogen-bond acceptors (Lipinski definition) is 0. The molecule has 0 aromatic rings. The molecule has 0 aromatic carbocycles. The van der Waals surface area contributed by atoms with Crippen molar-refractivity contribution in [1.29, 1.82) is 0 Å². The van der Waals surface area contributed by atoms with Crippen molar-refractivity contribution >= 4 is 43.7 Å². The van der Waals surface area contributed by atoms with E-state index < -0.39 is 0 Å². The average Bonchev–Trinajstić information content (AvgIpc) is 0. The molecule has 0 atom stereocenters. The first-order chi connectivity index (χ1) is 0. The molecule has 0 amide bonds. The summed E-state index contributed by atoms with van der Waals surface area (Å²) in [5.41, 5.74) is 0. The smallest absolute Gasteiger partial charge is 2.00 e. The first kappa shape index (κ1) is 66.0. The van der Waals surface area contributed by atoms with Crippen LogP contribution in [0.4, 0.5) is 0 Å². The van der Waals surface area contributed by atoms with E-state index in [-0.39, 0.29) is 101 Å². The first-order valence-corrected chi connectivity index (χ1v) is 0. The summed E-state index contributed by atoms with van der Waals surface area (Å²) in [7, 11) is 0. The molecule has 23 valence electrons. The fourth-order valence-corrected chi connectivity index (χ4v) is 0. The predicted molar refractivity (Wildman–Crippen MR) is 12.9 cm³/mol. The third kappa shape index (κ3) is 28.6. The van der Waals surface area contributed by atoms with Crippen LogP contribution in [0.25, 0.3) is 0 Å². The molecule has 2 nitrogen and oxygen atoms in total. The first-order valence-electron chi connectivity index (χ1n) is 0. The summed E-state index contributed by atoms with van der Waals surface area (Å²) >= 11 is 0. The Morgan fingerprint density at radius 1 is 0.833 bits per heavy atom. The molecule has 0 N–H and O–H groups in total. The van der Waals surface area contributed by atoms with Crippen LogP contribution in [-0.2, 0) is 57.7 Å². The van der Waals surface area contributed by atoms with Crippen molar-refractivity contribution < 1.29 is 57.7 Å². The zero-order valence-corrected chi connectivity index (χ0v) is 15.6. The van der Waals surface area contributed by atoms with Crippen LogP contribution in [0.1, 0.15) is 0 Å². The van der Waals surface area contributed by atoms with E-state index in [4.69, 9.17) is 0 Å². The molecular weight excluding hydrogens is 398 g/mol. The molecule has 0 aromatic heterocycles. The van der Waals surface area contributed by atoms with Gasteiger partial charge in [0.1, 0.15) is 0 Å². The van der Waals surface area contributed by atoms with Gasteiger partial charge in [-0.25, -0.2) is 0 Å². The number of hydrogen-bond donors (Lipinski definition) is 0. The van der Waals surface area contributed by atoms with Gasteiger partial charge in [-0.15, -0.1) is 0 Å². The van der Waals surface area contributed by atoms with Crippen LogP contribution in [0.3, 0.4) is 0 Å². The van der Waals surface area contributed by atoms with E-state index in [0.29, 0.717) is 0 Å². The number of rotatable bonds is 0. The van der Waals surface area contributed by atoms with E-state index in [0.717, 1.165) is 0 Å². The summed E-state index contributed by atoms with van der Waals surface area (Å²) in [5, 5.41) is 0. The molecule has 0 unspecified atom stereocenters. The second-order valence-corrected chi connectivity index (χ2v) is 0. The van der Waals surface area contributed by atoms with Crippen molar-refractivity contribution in [2.24, 2.45) is 0 Å². The molecule has 0 aliphatic rings. The Labute approximate surface area is 99.8 Å². The third-order valence-corrected chi connectivity index (χ3v) is 0. The van der Waals surface area contributed by atoms with Crippen LogP contribution in [0.15, 0.2) is 0 Å². The fraction of sp³-hybridized carbons (Fsp3) is 0. The van der Waals surface area contributed by atoms with E-state index in [9.17, 15) is 0 Å². The van der Waals surface area contributed by atoms with Crippen LogP contribution >= 0.6 is 0 Å². The minimum absolute atomic E-state index is 0. The third-order valence-electron chi connectivity index (χ3n) is 0. The molecule has 0 fully saturated rings. The van der Waals surface area contributed by atoms with Crippen molar-refractivity contribution in [3.8, 4) is 0 Å². The summed E-state index contributed by atoms with van der Waals surface area (Å²) in [6.07, 6.45) is 0. The second-order valence-electron chi connectivity index (χ2n) is 0. The molecule has 0 spiro atoms. The SMILES string of the molecule is [Cd].[Ga].[O-2].[O-2].[Sn+4].[Zn]. The van der Waals surface area contributed by atoms with Gasteiger partial charge in [0.15, 0.2) is 0 Å². The van der Waals surface area contributed by atoms with Crippen LogP contribution in [0.2, 0.25) is 0 Å². The molecule has 0 aliphatic carbocycles. The minimum Gasteiger partial charge on any atom is -2.00 e. The van der Waals surface area contributed by atoms with Gasteiger partial charge in [-0.1, -0.05) is 0 Å². The molecule has 0 bridgehead atoms. The zero-order valence-electron chi connectivity index (χ0n) is 3.31. The molecule has 6 heteroatoms. The molecule has 6 heavy (non-hydrogen) atoms. The Morgan fingerprint density at radius 2 is 0.833 bits per heavy atom. The largest absolute Gasteiger partial charge is 4.00 e. The molecule has 3 radical (unpaired) electrons. The monoisotopic (exact) mass is 399 g/mol. The van der Waals surface area contributed by atoms with Gasteiger partial charge in [-0.3, -0.25) is 0 Å². The van der Waals surface area contributed by atoms with Gasteiger partial charge in [0.2, 0.25) is 0 Å². The summed E-state index contributed by atoms with van der Waals surface area (Å²) in [4.78, 5) is 0. The Balaban J connectivity index is 0. The molecule has 0 heterocycles. The molecule has 0 rings (SSSR count). The summed E-state index contributed by atoms with van der Waals surface area (Å²) in [6, 6.07) is 0. The van der Waals surface area contributed by atoms with Crippen LogP contribution in [-0.4, -0.2) is 43.7 Å². The molecule has 0 saturated heterocycles. The maximum Gasteiger partial charge on any atom is 4.00 e. The van der Waals surface area contributed by atoms with E-state index in [1.165, 1.54) is 0 Å². The molecule has 0 saturated carbocycles. The van der Waals surface area contributed by atoms with Gasteiger partial charge in [0, 0.05) is 66.6 Å². The normalized spacial score (nSPS) is 0. The van der Waals surface area contributed by atoms with Gasteiger partial charge in [0.05, 0.1) is 0 Å². The van der Waals surface area contributed by atoms with Gasteiger partial charge in [0.25, 0.3) is 0 Å². The van der Waals surface area contributed by atoms with Gasteiger partial charge < -0.3 is 11.0 Å². The molecule has 0 aliphatic heterocycles.